The maximum absolute atomic E-state index is 11.7. The number of hydrogen-bond acceptors (Lipinski definition) is 6. The van der Waals surface area contributed by atoms with Gasteiger partial charge in [-0.15, -0.1) is 0 Å². The number of aromatic hydroxyl groups is 1. The average molecular weight is 429 g/mol. The monoisotopic (exact) mass is 427 g/mol. The molecule has 0 atom stereocenters. The number of carbonyl (C=O) groups excluding carboxylic acids is 1. The summed E-state index contributed by atoms with van der Waals surface area (Å²) in [7, 11) is 0. The van der Waals surface area contributed by atoms with E-state index in [4.69, 9.17) is 16.3 Å². The van der Waals surface area contributed by atoms with Crippen LogP contribution in [0.1, 0.15) is 5.56 Å². The lowest BCUT2D eigenvalue weighted by Crippen LogP contribution is -2.24. The molecule has 130 valence electrons. The molecule has 10 heteroatoms. The Morgan fingerprint density at radius 2 is 2.16 bits per heavy atom. The molecule has 0 aliphatic rings. The normalized spacial score (nSPS) is 10.6. The molecule has 2 aromatic rings. The maximum atomic E-state index is 11.7. The topological polar surface area (TPSA) is 114 Å². The van der Waals surface area contributed by atoms with E-state index in [0.717, 1.165) is 18.3 Å². The Morgan fingerprint density at radius 1 is 1.44 bits per heavy atom. The summed E-state index contributed by atoms with van der Waals surface area (Å²) in [6.45, 7) is -0.328. The Morgan fingerprint density at radius 3 is 2.84 bits per heavy atom. The van der Waals surface area contributed by atoms with Gasteiger partial charge in [-0.1, -0.05) is 23.7 Å². The van der Waals surface area contributed by atoms with Crippen molar-refractivity contribution in [2.45, 2.75) is 0 Å². The van der Waals surface area contributed by atoms with Crippen LogP contribution in [0, 0.1) is 10.1 Å². The number of non-ortho nitro benzene ring substituents is 1. The van der Waals surface area contributed by atoms with Gasteiger partial charge in [-0.3, -0.25) is 14.9 Å². The van der Waals surface area contributed by atoms with Crippen molar-refractivity contribution in [2.24, 2.45) is 5.10 Å². The van der Waals surface area contributed by atoms with Crippen molar-refractivity contribution >= 4 is 45.3 Å². The highest BCUT2D eigenvalue weighted by Crippen LogP contribution is 2.31. The van der Waals surface area contributed by atoms with Gasteiger partial charge in [-0.05, 0) is 28.1 Å². The van der Waals surface area contributed by atoms with Gasteiger partial charge < -0.3 is 9.84 Å². The predicted molar refractivity (Wildman–Crippen MR) is 95.1 cm³/mol. The number of ether oxygens (including phenoxy) is 1. The van der Waals surface area contributed by atoms with Crippen molar-refractivity contribution in [3.63, 3.8) is 0 Å². The van der Waals surface area contributed by atoms with Crippen LogP contribution in [0.25, 0.3) is 0 Å². The molecular formula is C15H11BrClN3O5. The second-order valence-electron chi connectivity index (χ2n) is 4.63. The van der Waals surface area contributed by atoms with Crippen LogP contribution < -0.4 is 10.2 Å². The zero-order valence-electron chi connectivity index (χ0n) is 12.5. The molecule has 2 N–H and O–H groups in total. The fraction of sp³-hybridized carbons (Fsp3) is 0.0667. The summed E-state index contributed by atoms with van der Waals surface area (Å²) in [6, 6.07) is 8.94. The molecule has 0 saturated carbocycles. The number of halogens is 2. The number of nitro benzene ring substituents is 1. The van der Waals surface area contributed by atoms with Gasteiger partial charge in [0.1, 0.15) is 11.5 Å². The number of hydrazone groups is 1. The zero-order chi connectivity index (χ0) is 18.4. The van der Waals surface area contributed by atoms with Crippen molar-refractivity contribution in [2.75, 3.05) is 6.61 Å². The van der Waals surface area contributed by atoms with Gasteiger partial charge in [0.15, 0.2) is 6.61 Å². The molecule has 0 heterocycles. The minimum Gasteiger partial charge on any atom is -0.506 e. The Labute approximate surface area is 155 Å². The molecule has 0 unspecified atom stereocenters. The number of rotatable bonds is 6. The Balaban J connectivity index is 1.97. The van der Waals surface area contributed by atoms with E-state index in [2.05, 4.69) is 26.5 Å². The van der Waals surface area contributed by atoms with Crippen LogP contribution >= 0.6 is 27.5 Å². The number of nitrogens with zero attached hydrogens (tertiary/aromatic N) is 2. The van der Waals surface area contributed by atoms with E-state index < -0.39 is 10.8 Å². The minimum atomic E-state index is -0.614. The fourth-order valence-electron chi connectivity index (χ4n) is 1.72. The van der Waals surface area contributed by atoms with Gasteiger partial charge >= 0.3 is 0 Å². The summed E-state index contributed by atoms with van der Waals surface area (Å²) in [6.07, 6.45) is 1.08. The Hall–Kier alpha value is -2.65. The third-order valence-corrected chi connectivity index (χ3v) is 3.79. The highest BCUT2D eigenvalue weighted by molar-refractivity contribution is 9.10. The van der Waals surface area contributed by atoms with E-state index in [1.165, 1.54) is 0 Å². The molecule has 2 rings (SSSR count). The lowest BCUT2D eigenvalue weighted by atomic mass is 10.2. The summed E-state index contributed by atoms with van der Waals surface area (Å²) >= 11 is 8.90. The van der Waals surface area contributed by atoms with Crippen molar-refractivity contribution in [3.05, 3.63) is 61.6 Å². The van der Waals surface area contributed by atoms with Crippen LogP contribution in [0.15, 0.2) is 46.0 Å². The third kappa shape index (κ3) is 5.16. The molecule has 2 aromatic carbocycles. The van der Waals surface area contributed by atoms with Gasteiger partial charge in [0.05, 0.1) is 20.6 Å². The summed E-state index contributed by atoms with van der Waals surface area (Å²) in [4.78, 5) is 21.9. The number of hydrogen-bond donors (Lipinski definition) is 2. The number of nitro groups is 1. The molecule has 0 bridgehead atoms. The van der Waals surface area contributed by atoms with Crippen molar-refractivity contribution in [3.8, 4) is 11.5 Å². The van der Waals surface area contributed by atoms with E-state index in [1.54, 1.807) is 24.3 Å². The van der Waals surface area contributed by atoms with Crippen LogP contribution in [-0.4, -0.2) is 28.8 Å². The number of phenolic OH excluding ortho intramolecular Hbond substituents is 1. The van der Waals surface area contributed by atoms with E-state index in [9.17, 15) is 20.0 Å². The first-order valence-corrected chi connectivity index (χ1v) is 7.91. The Bertz CT molecular complexity index is 844. The maximum Gasteiger partial charge on any atom is 0.277 e. The van der Waals surface area contributed by atoms with Gasteiger partial charge in [0.25, 0.3) is 11.6 Å². The molecule has 0 aliphatic heterocycles. The molecule has 0 fully saturated rings. The smallest absolute Gasteiger partial charge is 0.277 e. The summed E-state index contributed by atoms with van der Waals surface area (Å²) in [5.74, 6) is -0.459. The van der Waals surface area contributed by atoms with E-state index in [0.29, 0.717) is 10.8 Å². The van der Waals surface area contributed by atoms with Crippen molar-refractivity contribution < 1.29 is 19.6 Å². The molecule has 0 spiro atoms. The largest absolute Gasteiger partial charge is 0.506 e. The van der Waals surface area contributed by atoms with Gasteiger partial charge in [0.2, 0.25) is 0 Å². The average Bonchev–Trinajstić information content (AvgIpc) is 2.57. The van der Waals surface area contributed by atoms with Gasteiger partial charge in [-0.25, -0.2) is 5.43 Å². The minimum absolute atomic E-state index is 0.0633. The molecule has 1 amide bonds. The van der Waals surface area contributed by atoms with E-state index in [-0.39, 0.29) is 28.1 Å². The van der Waals surface area contributed by atoms with Gasteiger partial charge in [0, 0.05) is 17.7 Å². The standard InChI is InChI=1S/C15H11BrClN3O5/c16-11-6-10(20(23)24)5-9(15(11)22)7-18-19-14(21)8-25-13-4-2-1-3-12(13)17/h1-7,22H,8H2,(H,19,21)/b18-7+. The molecule has 25 heavy (non-hydrogen) atoms. The van der Waals surface area contributed by atoms with Crippen LogP contribution in [0.3, 0.4) is 0 Å². The summed E-state index contributed by atoms with van der Waals surface area (Å²) < 4.78 is 5.37. The molecular weight excluding hydrogens is 418 g/mol. The highest BCUT2D eigenvalue weighted by atomic mass is 79.9. The SMILES string of the molecule is O=C(COc1ccccc1Cl)N/N=C/c1cc([N+](=O)[O-])cc(Br)c1O. The number of phenols is 1. The summed E-state index contributed by atoms with van der Waals surface area (Å²) in [5.41, 5.74) is 2.01. The lowest BCUT2D eigenvalue weighted by Gasteiger charge is -2.06. The van der Waals surface area contributed by atoms with Crippen LogP contribution in [0.2, 0.25) is 5.02 Å². The molecule has 8 nitrogen and oxygen atoms in total. The first-order chi connectivity index (χ1) is 11.9. The number of benzene rings is 2. The molecule has 0 aliphatic carbocycles. The molecule has 0 aromatic heterocycles. The number of nitrogens with one attached hydrogen (secondary N) is 1. The van der Waals surface area contributed by atoms with E-state index >= 15 is 0 Å². The third-order valence-electron chi connectivity index (χ3n) is 2.88. The molecule has 0 radical (unpaired) electrons. The molecule has 0 saturated heterocycles. The van der Waals surface area contributed by atoms with Crippen LogP contribution in [0.4, 0.5) is 5.69 Å². The second kappa shape index (κ2) is 8.45. The summed E-state index contributed by atoms with van der Waals surface area (Å²) in [5, 5.41) is 24.7. The van der Waals surface area contributed by atoms with E-state index in [1.807, 2.05) is 0 Å². The first-order valence-electron chi connectivity index (χ1n) is 6.74. The second-order valence-corrected chi connectivity index (χ2v) is 5.90. The predicted octanol–water partition coefficient (Wildman–Crippen LogP) is 3.25. The Kier molecular flexibility index (Phi) is 6.31. The van der Waals surface area contributed by atoms with Crippen LogP contribution in [0.5, 0.6) is 11.5 Å². The van der Waals surface area contributed by atoms with Crippen molar-refractivity contribution in [1.29, 1.82) is 0 Å². The fourth-order valence-corrected chi connectivity index (χ4v) is 2.37. The highest BCUT2D eigenvalue weighted by Gasteiger charge is 2.13. The number of carbonyl (C=O) groups is 1. The quantitative estimate of drug-likeness (QED) is 0.416. The zero-order valence-corrected chi connectivity index (χ0v) is 14.8. The lowest BCUT2D eigenvalue weighted by molar-refractivity contribution is -0.385. The van der Waals surface area contributed by atoms with Gasteiger partial charge in [-0.2, -0.15) is 5.10 Å². The first kappa shape index (κ1) is 18.7. The number of para-hydroxylation sites is 1. The van der Waals surface area contributed by atoms with Crippen molar-refractivity contribution in [1.82, 2.24) is 5.43 Å². The number of amides is 1. The van der Waals surface area contributed by atoms with Crippen LogP contribution in [-0.2, 0) is 4.79 Å².